The molecule has 0 aliphatic heterocycles. The van der Waals surface area contributed by atoms with E-state index in [0.29, 0.717) is 19.6 Å². The van der Waals surface area contributed by atoms with Crippen molar-refractivity contribution < 1.29 is 19.4 Å². The van der Waals surface area contributed by atoms with Crippen LogP contribution < -0.4 is 5.32 Å². The van der Waals surface area contributed by atoms with E-state index >= 15 is 0 Å². The van der Waals surface area contributed by atoms with Crippen LogP contribution in [0, 0.1) is 0 Å². The Morgan fingerprint density at radius 1 is 1.50 bits per heavy atom. The summed E-state index contributed by atoms with van der Waals surface area (Å²) in [6.07, 6.45) is 0.415. The van der Waals surface area contributed by atoms with Gasteiger partial charge in [0.05, 0.1) is 18.2 Å². The van der Waals surface area contributed by atoms with Gasteiger partial charge in [-0.1, -0.05) is 0 Å². The Hall–Kier alpha value is -0.650. The third kappa shape index (κ3) is 8.64. The van der Waals surface area contributed by atoms with Gasteiger partial charge in [0.15, 0.2) is 0 Å². The highest BCUT2D eigenvalue weighted by Crippen LogP contribution is 2.07. The van der Waals surface area contributed by atoms with Crippen molar-refractivity contribution >= 4 is 5.97 Å². The van der Waals surface area contributed by atoms with Gasteiger partial charge in [0.2, 0.25) is 0 Å². The molecular formula is C11H23NO4. The lowest BCUT2D eigenvalue weighted by molar-refractivity contribution is -0.146. The first kappa shape index (κ1) is 15.3. The van der Waals surface area contributed by atoms with E-state index in [1.54, 1.807) is 27.9 Å². The van der Waals surface area contributed by atoms with Gasteiger partial charge in [0.25, 0.3) is 0 Å². The van der Waals surface area contributed by atoms with E-state index in [1.807, 2.05) is 0 Å². The van der Waals surface area contributed by atoms with Crippen LogP contribution in [-0.2, 0) is 14.3 Å². The normalized spacial score (nSPS) is 14.9. The minimum atomic E-state index is -0.867. The number of aliphatic hydroxyl groups is 1. The topological polar surface area (TPSA) is 67.8 Å². The van der Waals surface area contributed by atoms with Crippen LogP contribution in [0.5, 0.6) is 0 Å². The maximum absolute atomic E-state index is 11.2. The molecule has 0 aliphatic rings. The maximum Gasteiger partial charge on any atom is 0.320 e. The lowest BCUT2D eigenvalue weighted by Gasteiger charge is -2.23. The summed E-state index contributed by atoms with van der Waals surface area (Å²) in [4.78, 5) is 11.2. The molecule has 0 heterocycles. The average Bonchev–Trinajstić information content (AvgIpc) is 2.13. The molecule has 0 aromatic carbocycles. The number of hydrogen-bond donors (Lipinski definition) is 2. The molecule has 0 rings (SSSR count). The number of methoxy groups -OCH3 is 1. The van der Waals surface area contributed by atoms with Crippen LogP contribution >= 0.6 is 0 Å². The molecule has 1 atom stereocenters. The summed E-state index contributed by atoms with van der Waals surface area (Å²) >= 11 is 0. The molecule has 96 valence electrons. The second-order valence-electron chi connectivity index (χ2n) is 4.38. The van der Waals surface area contributed by atoms with Gasteiger partial charge in [-0.05, 0) is 20.8 Å². The molecule has 0 spiro atoms. The quantitative estimate of drug-likeness (QED) is 0.591. The standard InChI is InChI=1S/C11H23NO4/c1-9(2)16-10(13)7-12-8-11(3,14)5-6-15-4/h9,12,14H,5-8H2,1-4H3. The first-order chi connectivity index (χ1) is 7.37. The average molecular weight is 233 g/mol. The fourth-order valence-electron chi connectivity index (χ4n) is 1.15. The maximum atomic E-state index is 11.2. The van der Waals surface area contributed by atoms with Crippen LogP contribution in [0.4, 0.5) is 0 Å². The lowest BCUT2D eigenvalue weighted by Crippen LogP contribution is -2.41. The molecule has 5 nitrogen and oxygen atoms in total. The third-order valence-electron chi connectivity index (χ3n) is 1.99. The summed E-state index contributed by atoms with van der Waals surface area (Å²) < 4.78 is 9.82. The molecule has 2 N–H and O–H groups in total. The van der Waals surface area contributed by atoms with E-state index < -0.39 is 5.60 Å². The van der Waals surface area contributed by atoms with E-state index in [-0.39, 0.29) is 18.6 Å². The van der Waals surface area contributed by atoms with E-state index in [2.05, 4.69) is 5.32 Å². The van der Waals surface area contributed by atoms with Crippen LogP contribution in [0.15, 0.2) is 0 Å². The van der Waals surface area contributed by atoms with Gasteiger partial charge in [-0.3, -0.25) is 4.79 Å². The van der Waals surface area contributed by atoms with Crippen molar-refractivity contribution in [3.63, 3.8) is 0 Å². The molecule has 1 unspecified atom stereocenters. The van der Waals surface area contributed by atoms with Crippen LogP contribution in [0.2, 0.25) is 0 Å². The predicted molar refractivity (Wildman–Crippen MR) is 61.2 cm³/mol. The van der Waals surface area contributed by atoms with E-state index in [4.69, 9.17) is 9.47 Å². The van der Waals surface area contributed by atoms with E-state index in [1.165, 1.54) is 0 Å². The zero-order chi connectivity index (χ0) is 12.6. The second-order valence-corrected chi connectivity index (χ2v) is 4.38. The SMILES string of the molecule is COCCC(C)(O)CNCC(=O)OC(C)C. The lowest BCUT2D eigenvalue weighted by atomic mass is 10.0. The molecular weight excluding hydrogens is 210 g/mol. The molecule has 0 aliphatic carbocycles. The number of esters is 1. The third-order valence-corrected chi connectivity index (χ3v) is 1.99. The van der Waals surface area contributed by atoms with Gasteiger partial charge in [-0.25, -0.2) is 0 Å². The summed E-state index contributed by atoms with van der Waals surface area (Å²) in [6, 6.07) is 0. The molecule has 0 bridgehead atoms. The van der Waals surface area contributed by atoms with Gasteiger partial charge in [-0.2, -0.15) is 0 Å². The Labute approximate surface area is 97.1 Å². The van der Waals surface area contributed by atoms with E-state index in [0.717, 1.165) is 0 Å². The largest absolute Gasteiger partial charge is 0.462 e. The molecule has 5 heteroatoms. The highest BCUT2D eigenvalue weighted by molar-refractivity contribution is 5.71. The summed E-state index contributed by atoms with van der Waals surface area (Å²) in [5.74, 6) is -0.308. The molecule has 0 aromatic heterocycles. The second kappa shape index (κ2) is 7.60. The Kier molecular flexibility index (Phi) is 7.29. The molecule has 0 aromatic rings. The molecule has 16 heavy (non-hydrogen) atoms. The summed E-state index contributed by atoms with van der Waals surface area (Å²) in [5.41, 5.74) is -0.867. The Morgan fingerprint density at radius 3 is 2.62 bits per heavy atom. The summed E-state index contributed by atoms with van der Waals surface area (Å²) in [5, 5.41) is 12.7. The van der Waals surface area contributed by atoms with Crippen LogP contribution in [-0.4, -0.2) is 49.6 Å². The highest BCUT2D eigenvalue weighted by atomic mass is 16.5. The van der Waals surface area contributed by atoms with Gasteiger partial charge in [0.1, 0.15) is 0 Å². The minimum Gasteiger partial charge on any atom is -0.462 e. The van der Waals surface area contributed by atoms with Gasteiger partial charge < -0.3 is 19.9 Å². The van der Waals surface area contributed by atoms with E-state index in [9.17, 15) is 9.90 Å². The number of nitrogens with one attached hydrogen (secondary N) is 1. The summed E-state index contributed by atoms with van der Waals surface area (Å²) in [7, 11) is 1.59. The summed E-state index contributed by atoms with van der Waals surface area (Å²) in [6.45, 7) is 6.24. The minimum absolute atomic E-state index is 0.108. The number of ether oxygens (including phenoxy) is 2. The Balaban J connectivity index is 3.67. The molecule has 0 saturated heterocycles. The smallest absolute Gasteiger partial charge is 0.320 e. The van der Waals surface area contributed by atoms with Crippen LogP contribution in [0.25, 0.3) is 0 Å². The van der Waals surface area contributed by atoms with Gasteiger partial charge in [0, 0.05) is 26.7 Å². The Bertz CT molecular complexity index is 204. The first-order valence-electron chi connectivity index (χ1n) is 5.49. The van der Waals surface area contributed by atoms with Crippen LogP contribution in [0.1, 0.15) is 27.2 Å². The molecule has 0 radical (unpaired) electrons. The van der Waals surface area contributed by atoms with Crippen molar-refractivity contribution in [3.05, 3.63) is 0 Å². The molecule has 0 saturated carbocycles. The van der Waals surface area contributed by atoms with Crippen molar-refractivity contribution in [3.8, 4) is 0 Å². The number of carbonyl (C=O) groups is 1. The zero-order valence-corrected chi connectivity index (χ0v) is 10.6. The number of rotatable bonds is 8. The van der Waals surface area contributed by atoms with Crippen molar-refractivity contribution in [2.75, 3.05) is 26.8 Å². The van der Waals surface area contributed by atoms with Crippen molar-refractivity contribution in [2.24, 2.45) is 0 Å². The predicted octanol–water partition coefficient (Wildman–Crippen LogP) is 0.315. The van der Waals surface area contributed by atoms with Crippen LogP contribution in [0.3, 0.4) is 0 Å². The van der Waals surface area contributed by atoms with Crippen molar-refractivity contribution in [1.29, 1.82) is 0 Å². The van der Waals surface area contributed by atoms with Crippen molar-refractivity contribution in [1.82, 2.24) is 5.32 Å². The number of hydrogen-bond acceptors (Lipinski definition) is 5. The zero-order valence-electron chi connectivity index (χ0n) is 10.6. The van der Waals surface area contributed by atoms with Crippen molar-refractivity contribution in [2.45, 2.75) is 38.9 Å². The fraction of sp³-hybridized carbons (Fsp3) is 0.909. The van der Waals surface area contributed by atoms with Gasteiger partial charge in [-0.15, -0.1) is 0 Å². The molecule has 0 amide bonds. The monoisotopic (exact) mass is 233 g/mol. The fourth-order valence-corrected chi connectivity index (χ4v) is 1.15. The Morgan fingerprint density at radius 2 is 2.12 bits per heavy atom. The number of carbonyl (C=O) groups excluding carboxylic acids is 1. The van der Waals surface area contributed by atoms with Gasteiger partial charge >= 0.3 is 5.97 Å². The first-order valence-corrected chi connectivity index (χ1v) is 5.49. The highest BCUT2D eigenvalue weighted by Gasteiger charge is 2.19. The molecule has 0 fully saturated rings.